The van der Waals surface area contributed by atoms with Gasteiger partial charge in [-0.05, 0) is 63.2 Å². The van der Waals surface area contributed by atoms with Crippen LogP contribution in [0.15, 0.2) is 35.1 Å². The fraction of sp³-hybridized carbons (Fsp3) is 0.333. The van der Waals surface area contributed by atoms with E-state index in [1.54, 1.807) is 0 Å². The third-order valence-electron chi connectivity index (χ3n) is 5.54. The summed E-state index contributed by atoms with van der Waals surface area (Å²) in [4.78, 5) is 18.0. The minimum atomic E-state index is 0.0342. The molecule has 0 saturated carbocycles. The number of pyridine rings is 1. The zero-order chi connectivity index (χ0) is 18.5. The Hall–Kier alpha value is -2.44. The molecule has 0 bridgehead atoms. The van der Waals surface area contributed by atoms with E-state index in [1.807, 2.05) is 29.8 Å². The predicted octanol–water partition coefficient (Wildman–Crippen LogP) is 4.14. The molecule has 1 N–H and O–H groups in total. The van der Waals surface area contributed by atoms with Crippen LogP contribution in [0, 0.1) is 6.92 Å². The first-order chi connectivity index (χ1) is 13.2. The number of aryl methyl sites for hydroxylation is 2. The van der Waals surface area contributed by atoms with E-state index in [9.17, 15) is 4.79 Å². The summed E-state index contributed by atoms with van der Waals surface area (Å²) in [5.41, 5.74) is 3.77. The first kappa shape index (κ1) is 16.7. The van der Waals surface area contributed by atoms with Crippen molar-refractivity contribution in [3.8, 4) is 10.4 Å². The van der Waals surface area contributed by atoms with Crippen molar-refractivity contribution in [1.82, 2.24) is 19.7 Å². The van der Waals surface area contributed by atoms with Gasteiger partial charge in [0.05, 0.1) is 10.9 Å². The van der Waals surface area contributed by atoms with Crippen LogP contribution in [0.25, 0.3) is 32.2 Å². The van der Waals surface area contributed by atoms with Crippen molar-refractivity contribution in [2.45, 2.75) is 33.4 Å². The van der Waals surface area contributed by atoms with Gasteiger partial charge >= 0.3 is 0 Å². The summed E-state index contributed by atoms with van der Waals surface area (Å²) in [5.74, 6) is 0. The summed E-state index contributed by atoms with van der Waals surface area (Å²) in [6.07, 6.45) is 1.32. The number of nitrogens with zero attached hydrogens (tertiary/aromatic N) is 3. The summed E-state index contributed by atoms with van der Waals surface area (Å²) < 4.78 is 1.84. The molecule has 0 radical (unpaired) electrons. The van der Waals surface area contributed by atoms with Gasteiger partial charge < -0.3 is 4.57 Å². The van der Waals surface area contributed by atoms with E-state index in [2.05, 4.69) is 45.4 Å². The first-order valence-electron chi connectivity index (χ1n) is 9.48. The average molecular weight is 379 g/mol. The molecule has 4 aromatic rings. The lowest BCUT2D eigenvalue weighted by molar-refractivity contribution is 0.174. The van der Waals surface area contributed by atoms with Gasteiger partial charge in [0.1, 0.15) is 5.52 Å². The van der Waals surface area contributed by atoms with Crippen LogP contribution >= 0.6 is 11.3 Å². The number of likely N-dealkylation sites (tertiary alicyclic amines) is 1. The van der Waals surface area contributed by atoms with Gasteiger partial charge in [-0.15, -0.1) is 11.3 Å². The summed E-state index contributed by atoms with van der Waals surface area (Å²) in [7, 11) is 0. The van der Waals surface area contributed by atoms with Crippen LogP contribution in [-0.2, 0) is 13.1 Å². The first-order valence-corrected chi connectivity index (χ1v) is 10.3. The molecule has 0 unspecified atom stereocenters. The number of rotatable bonds is 4. The van der Waals surface area contributed by atoms with Crippen LogP contribution in [0.1, 0.15) is 23.9 Å². The quantitative estimate of drug-likeness (QED) is 0.581. The Morgan fingerprint density at radius 1 is 1.22 bits per heavy atom. The van der Waals surface area contributed by atoms with Gasteiger partial charge in [-0.25, -0.2) is 0 Å². The fourth-order valence-corrected chi connectivity index (χ4v) is 4.98. The molecule has 3 aromatic heterocycles. The molecule has 1 aromatic carbocycles. The van der Waals surface area contributed by atoms with Gasteiger partial charge in [-0.1, -0.05) is 6.07 Å². The fourth-order valence-electron chi connectivity index (χ4n) is 3.94. The second-order valence-corrected chi connectivity index (χ2v) is 8.42. The Morgan fingerprint density at radius 3 is 2.81 bits per heavy atom. The molecule has 1 aliphatic heterocycles. The van der Waals surface area contributed by atoms with Crippen LogP contribution in [0.4, 0.5) is 0 Å². The molecule has 5 rings (SSSR count). The molecule has 1 saturated heterocycles. The SMILES string of the molecule is CCn1c(=O)c2c(C)[nH]nc2c2cc(-c3ccc(CN4CCC4)s3)ccc21. The molecule has 27 heavy (non-hydrogen) atoms. The van der Waals surface area contributed by atoms with Crippen LogP contribution in [0.2, 0.25) is 0 Å². The monoisotopic (exact) mass is 378 g/mol. The Balaban J connectivity index is 1.66. The van der Waals surface area contributed by atoms with Crippen molar-refractivity contribution in [2.24, 2.45) is 0 Å². The summed E-state index contributed by atoms with van der Waals surface area (Å²) in [5, 5.41) is 9.16. The van der Waals surface area contributed by atoms with Gasteiger partial charge in [0, 0.05) is 33.9 Å². The highest BCUT2D eigenvalue weighted by molar-refractivity contribution is 7.15. The van der Waals surface area contributed by atoms with Crippen LogP contribution in [0.5, 0.6) is 0 Å². The third kappa shape index (κ3) is 2.63. The van der Waals surface area contributed by atoms with Gasteiger partial charge in [-0.3, -0.25) is 14.8 Å². The Labute approximate surface area is 161 Å². The van der Waals surface area contributed by atoms with Crippen LogP contribution in [0.3, 0.4) is 0 Å². The van der Waals surface area contributed by atoms with Gasteiger partial charge in [-0.2, -0.15) is 5.10 Å². The van der Waals surface area contributed by atoms with Crippen molar-refractivity contribution in [3.05, 3.63) is 51.3 Å². The van der Waals surface area contributed by atoms with Gasteiger partial charge in [0.25, 0.3) is 5.56 Å². The van der Waals surface area contributed by atoms with E-state index in [4.69, 9.17) is 0 Å². The topological polar surface area (TPSA) is 53.9 Å². The minimum Gasteiger partial charge on any atom is -0.308 e. The highest BCUT2D eigenvalue weighted by atomic mass is 32.1. The molecule has 4 heterocycles. The minimum absolute atomic E-state index is 0.0342. The zero-order valence-electron chi connectivity index (χ0n) is 15.6. The lowest BCUT2D eigenvalue weighted by Gasteiger charge is -2.29. The van der Waals surface area contributed by atoms with Crippen LogP contribution < -0.4 is 5.56 Å². The molecule has 1 aliphatic rings. The molecule has 0 amide bonds. The van der Waals surface area contributed by atoms with E-state index >= 15 is 0 Å². The highest BCUT2D eigenvalue weighted by Gasteiger charge is 2.17. The number of hydrogen-bond acceptors (Lipinski definition) is 4. The van der Waals surface area contributed by atoms with Crippen molar-refractivity contribution >= 4 is 33.1 Å². The lowest BCUT2D eigenvalue weighted by atomic mass is 10.1. The summed E-state index contributed by atoms with van der Waals surface area (Å²) >= 11 is 1.86. The number of aromatic amines is 1. The van der Waals surface area contributed by atoms with Gasteiger partial charge in [0.2, 0.25) is 0 Å². The molecule has 138 valence electrons. The molecule has 0 atom stereocenters. The molecular weight excluding hydrogens is 356 g/mol. The second kappa shape index (κ2) is 6.32. The number of hydrogen-bond donors (Lipinski definition) is 1. The number of thiophene rings is 1. The maximum atomic E-state index is 12.9. The predicted molar refractivity (Wildman–Crippen MR) is 111 cm³/mol. The standard InChI is InChI=1S/C21H22N4OS/c1-3-25-17-7-5-14(18-8-6-15(27-18)12-24-9-4-10-24)11-16(17)20-19(21(25)26)13(2)22-23-20/h5-8,11H,3-4,9-10,12H2,1-2H3,(H,22,23). The molecule has 5 nitrogen and oxygen atoms in total. The van der Waals surface area contributed by atoms with Crippen LogP contribution in [-0.4, -0.2) is 32.8 Å². The normalized spacial score (nSPS) is 14.9. The highest BCUT2D eigenvalue weighted by Crippen LogP contribution is 2.33. The zero-order valence-corrected chi connectivity index (χ0v) is 16.4. The smallest absolute Gasteiger partial charge is 0.262 e. The summed E-state index contributed by atoms with van der Waals surface area (Å²) in [6, 6.07) is 10.8. The van der Waals surface area contributed by atoms with Crippen molar-refractivity contribution in [1.29, 1.82) is 0 Å². The Bertz CT molecular complexity index is 1210. The molecule has 0 aliphatic carbocycles. The van der Waals surface area contributed by atoms with E-state index < -0.39 is 0 Å². The second-order valence-electron chi connectivity index (χ2n) is 7.25. The maximum Gasteiger partial charge on any atom is 0.262 e. The number of nitrogens with one attached hydrogen (secondary N) is 1. The number of H-pyrrole nitrogens is 1. The molecule has 0 spiro atoms. The Morgan fingerprint density at radius 2 is 2.07 bits per heavy atom. The lowest BCUT2D eigenvalue weighted by Crippen LogP contribution is -2.35. The van der Waals surface area contributed by atoms with Crippen molar-refractivity contribution in [3.63, 3.8) is 0 Å². The van der Waals surface area contributed by atoms with E-state index in [-0.39, 0.29) is 5.56 Å². The number of fused-ring (bicyclic) bond motifs is 3. The van der Waals surface area contributed by atoms with Crippen molar-refractivity contribution in [2.75, 3.05) is 13.1 Å². The van der Waals surface area contributed by atoms with E-state index in [0.717, 1.165) is 28.7 Å². The summed E-state index contributed by atoms with van der Waals surface area (Å²) in [6.45, 7) is 8.05. The molecular formula is C21H22N4OS. The van der Waals surface area contributed by atoms with Gasteiger partial charge in [0.15, 0.2) is 0 Å². The maximum absolute atomic E-state index is 12.9. The molecule has 6 heteroatoms. The Kier molecular flexibility index (Phi) is 3.91. The molecule has 1 fully saturated rings. The average Bonchev–Trinajstić information content (AvgIpc) is 3.26. The van der Waals surface area contributed by atoms with E-state index in [1.165, 1.54) is 34.8 Å². The number of aromatic nitrogens is 3. The van der Waals surface area contributed by atoms with E-state index in [0.29, 0.717) is 11.9 Å². The largest absolute Gasteiger partial charge is 0.308 e. The number of benzene rings is 1. The van der Waals surface area contributed by atoms with Crippen molar-refractivity contribution < 1.29 is 0 Å². The third-order valence-corrected chi connectivity index (χ3v) is 6.66.